The molecule has 162 valence electrons. The second-order valence-corrected chi connectivity index (χ2v) is 8.72. The number of aromatic nitrogens is 1. The average Bonchev–Trinajstić information content (AvgIpc) is 3.38. The summed E-state index contributed by atoms with van der Waals surface area (Å²) in [7, 11) is 1.45. The molecule has 30 heavy (non-hydrogen) atoms. The Morgan fingerprint density at radius 1 is 1.33 bits per heavy atom. The van der Waals surface area contributed by atoms with E-state index in [0.717, 1.165) is 25.3 Å². The molecule has 1 saturated carbocycles. The fraction of sp³-hybridized carbons (Fsp3) is 0.524. The number of ether oxygens (including phenoxy) is 2. The van der Waals surface area contributed by atoms with E-state index in [1.165, 1.54) is 13.3 Å². The van der Waals surface area contributed by atoms with Crippen molar-refractivity contribution in [2.45, 2.75) is 44.7 Å². The Labute approximate surface area is 173 Å². The van der Waals surface area contributed by atoms with Crippen molar-refractivity contribution in [3.8, 4) is 11.5 Å². The molecule has 1 aliphatic heterocycles. The first-order valence-corrected chi connectivity index (χ1v) is 10.0. The van der Waals surface area contributed by atoms with Crippen LogP contribution < -0.4 is 25.5 Å². The highest BCUT2D eigenvalue weighted by molar-refractivity contribution is 5.92. The van der Waals surface area contributed by atoms with Gasteiger partial charge < -0.3 is 29.8 Å². The monoisotopic (exact) mass is 419 g/mol. The molecular formula is C21H26FN3O5. The fourth-order valence-corrected chi connectivity index (χ4v) is 4.28. The molecule has 1 atom stereocenters. The number of fused-ring (bicyclic) bond motifs is 1. The van der Waals surface area contributed by atoms with Crippen LogP contribution in [0, 0.1) is 11.7 Å². The van der Waals surface area contributed by atoms with Gasteiger partial charge in [0.15, 0.2) is 17.3 Å². The summed E-state index contributed by atoms with van der Waals surface area (Å²) in [5.74, 6) is -0.482. The molecule has 1 aliphatic carbocycles. The number of pyridine rings is 1. The number of carboxylic acid groups (broad SMARTS) is 1. The highest BCUT2D eigenvalue weighted by Crippen LogP contribution is 2.45. The Morgan fingerprint density at radius 3 is 2.57 bits per heavy atom. The molecule has 0 spiro atoms. The van der Waals surface area contributed by atoms with Gasteiger partial charge in [0.25, 0.3) is 0 Å². The quantitative estimate of drug-likeness (QED) is 0.717. The molecule has 2 fully saturated rings. The van der Waals surface area contributed by atoms with Crippen LogP contribution in [0.2, 0.25) is 0 Å². The Hall–Kier alpha value is -2.81. The minimum Gasteiger partial charge on any atom is -0.492 e. The molecule has 0 radical (unpaired) electrons. The first kappa shape index (κ1) is 20.5. The smallest absolute Gasteiger partial charge is 0.492 e. The zero-order chi connectivity index (χ0) is 21.8. The van der Waals surface area contributed by atoms with Gasteiger partial charge in [-0.05, 0) is 45.1 Å². The zero-order valence-electron chi connectivity index (χ0n) is 17.3. The van der Waals surface area contributed by atoms with Crippen molar-refractivity contribution in [3.63, 3.8) is 0 Å². The van der Waals surface area contributed by atoms with E-state index >= 15 is 4.39 Å². The molecule has 1 aromatic carbocycles. The highest BCUT2D eigenvalue weighted by atomic mass is 19.1. The molecule has 2 aliphatic rings. The van der Waals surface area contributed by atoms with Gasteiger partial charge in [-0.1, -0.05) is 0 Å². The van der Waals surface area contributed by atoms with Gasteiger partial charge >= 0.3 is 6.16 Å². The summed E-state index contributed by atoms with van der Waals surface area (Å²) in [6.07, 6.45) is 2.35. The number of rotatable bonds is 5. The molecule has 3 N–H and O–H groups in total. The van der Waals surface area contributed by atoms with Gasteiger partial charge in [0.05, 0.1) is 24.2 Å². The Balaban J connectivity index is 1.92. The minimum atomic E-state index is -1.59. The minimum absolute atomic E-state index is 0.0358. The lowest BCUT2D eigenvalue weighted by atomic mass is 9.88. The van der Waals surface area contributed by atoms with Crippen LogP contribution in [0.25, 0.3) is 10.9 Å². The number of benzene rings is 1. The maximum absolute atomic E-state index is 15.3. The second-order valence-electron chi connectivity index (χ2n) is 8.72. The third kappa shape index (κ3) is 3.47. The number of hydrogen-bond acceptors (Lipinski definition) is 6. The van der Waals surface area contributed by atoms with Crippen molar-refractivity contribution in [3.05, 3.63) is 28.3 Å². The van der Waals surface area contributed by atoms with Crippen molar-refractivity contribution < 1.29 is 23.8 Å². The van der Waals surface area contributed by atoms with Crippen molar-refractivity contribution in [1.29, 1.82) is 0 Å². The maximum atomic E-state index is 15.3. The summed E-state index contributed by atoms with van der Waals surface area (Å²) in [6.45, 7) is 5.13. The number of hydrogen-bond donors (Lipinski definition) is 2. The van der Waals surface area contributed by atoms with Crippen molar-refractivity contribution in [2.75, 3.05) is 25.1 Å². The lowest BCUT2D eigenvalue weighted by Crippen LogP contribution is -2.42. The van der Waals surface area contributed by atoms with Crippen molar-refractivity contribution in [1.82, 2.24) is 4.57 Å². The molecule has 2 heterocycles. The van der Waals surface area contributed by atoms with Gasteiger partial charge in [0, 0.05) is 24.7 Å². The fourth-order valence-electron chi connectivity index (χ4n) is 4.28. The lowest BCUT2D eigenvalue weighted by molar-refractivity contribution is 0.143. The van der Waals surface area contributed by atoms with Crippen LogP contribution in [-0.4, -0.2) is 41.6 Å². The number of nitrogens with zero attached hydrogens (tertiary/aromatic N) is 2. The SMILES string of the molecule is COc1c(N2CC[C@@H](C(C)(C)N)C2)c(F)cc2c(=O)c(OC(=O)O)cn(C3CC3)c12. The summed E-state index contributed by atoms with van der Waals surface area (Å²) < 4.78 is 27.4. The van der Waals surface area contributed by atoms with Crippen LogP contribution in [0.5, 0.6) is 11.5 Å². The van der Waals surface area contributed by atoms with E-state index in [-0.39, 0.29) is 28.8 Å². The van der Waals surface area contributed by atoms with Gasteiger partial charge in [-0.15, -0.1) is 0 Å². The Bertz CT molecular complexity index is 1070. The zero-order valence-corrected chi connectivity index (χ0v) is 17.3. The van der Waals surface area contributed by atoms with Gasteiger partial charge in [0.2, 0.25) is 5.43 Å². The molecule has 0 amide bonds. The molecular weight excluding hydrogens is 393 g/mol. The highest BCUT2D eigenvalue weighted by Gasteiger charge is 2.36. The van der Waals surface area contributed by atoms with E-state index in [1.807, 2.05) is 18.7 Å². The van der Waals surface area contributed by atoms with Crippen molar-refractivity contribution >= 4 is 22.7 Å². The molecule has 2 aromatic rings. The molecule has 9 heteroatoms. The van der Waals surface area contributed by atoms with Crippen molar-refractivity contribution in [2.24, 2.45) is 11.7 Å². The average molecular weight is 419 g/mol. The van der Waals surface area contributed by atoms with E-state index in [1.54, 1.807) is 4.57 Å². The number of halogens is 1. The number of carbonyl (C=O) groups is 1. The van der Waals surface area contributed by atoms with Gasteiger partial charge in [-0.2, -0.15) is 0 Å². The molecule has 1 aromatic heterocycles. The number of anilines is 1. The van der Waals surface area contributed by atoms with Crippen LogP contribution in [0.3, 0.4) is 0 Å². The third-order valence-electron chi connectivity index (χ3n) is 6.06. The van der Waals surface area contributed by atoms with Gasteiger partial charge in [-0.3, -0.25) is 4.79 Å². The third-order valence-corrected chi connectivity index (χ3v) is 6.06. The molecule has 4 rings (SSSR count). The van der Waals surface area contributed by atoms with Crippen LogP contribution in [0.4, 0.5) is 14.9 Å². The van der Waals surface area contributed by atoms with E-state index in [4.69, 9.17) is 15.6 Å². The predicted molar refractivity (Wildman–Crippen MR) is 110 cm³/mol. The summed E-state index contributed by atoms with van der Waals surface area (Å²) in [4.78, 5) is 25.8. The standard InChI is InChI=1S/C21H26FN3O5/c1-21(2,23)11-6-7-24(9-11)17-14(22)8-13-16(19(17)29-3)25(12-4-5-12)10-15(18(13)26)30-20(27)28/h8,10-12H,4-7,9,23H2,1-3H3,(H,27,28)/t11-/m1/s1. The van der Waals surface area contributed by atoms with Gasteiger partial charge in [-0.25, -0.2) is 9.18 Å². The summed E-state index contributed by atoms with van der Waals surface area (Å²) in [5, 5.41) is 8.99. The Morgan fingerprint density at radius 2 is 2.03 bits per heavy atom. The van der Waals surface area contributed by atoms with E-state index < -0.39 is 22.9 Å². The second kappa shape index (κ2) is 7.16. The van der Waals surface area contributed by atoms with Gasteiger partial charge in [0.1, 0.15) is 5.69 Å². The summed E-state index contributed by atoms with van der Waals surface area (Å²) in [5.41, 5.74) is 5.95. The maximum Gasteiger partial charge on any atom is 0.511 e. The van der Waals surface area contributed by atoms with Crippen LogP contribution >= 0.6 is 0 Å². The largest absolute Gasteiger partial charge is 0.511 e. The first-order chi connectivity index (χ1) is 14.1. The first-order valence-electron chi connectivity index (χ1n) is 10.0. The molecule has 8 nitrogen and oxygen atoms in total. The normalized spacial score (nSPS) is 19.4. The van der Waals surface area contributed by atoms with E-state index in [0.29, 0.717) is 24.3 Å². The summed E-state index contributed by atoms with van der Waals surface area (Å²) in [6, 6.07) is 1.23. The summed E-state index contributed by atoms with van der Waals surface area (Å²) >= 11 is 0. The molecule has 0 unspecified atom stereocenters. The van der Waals surface area contributed by atoms with Crippen LogP contribution in [0.1, 0.15) is 39.2 Å². The van der Waals surface area contributed by atoms with Crippen LogP contribution in [-0.2, 0) is 0 Å². The number of methoxy groups -OCH3 is 1. The molecule has 0 bridgehead atoms. The topological polar surface area (TPSA) is 107 Å². The van der Waals surface area contributed by atoms with Crippen LogP contribution in [0.15, 0.2) is 17.1 Å². The van der Waals surface area contributed by atoms with E-state index in [9.17, 15) is 9.59 Å². The molecule has 1 saturated heterocycles. The van der Waals surface area contributed by atoms with E-state index in [2.05, 4.69) is 4.74 Å². The predicted octanol–water partition coefficient (Wildman–Crippen LogP) is 3.10. The Kier molecular flexibility index (Phi) is 4.88. The lowest BCUT2D eigenvalue weighted by Gasteiger charge is -2.28. The number of nitrogens with two attached hydrogens (primary N) is 1.